The van der Waals surface area contributed by atoms with Crippen LogP contribution in [0.4, 0.5) is 8.78 Å². The monoisotopic (exact) mass is 240 g/mol. The molecule has 0 spiro atoms. The maximum Gasteiger partial charge on any atom is 0.338 e. The van der Waals surface area contributed by atoms with E-state index in [-0.39, 0.29) is 5.56 Å². The molecule has 4 heteroatoms. The summed E-state index contributed by atoms with van der Waals surface area (Å²) in [5.41, 5.74) is 2.01. The molecule has 0 saturated carbocycles. The Hall–Kier alpha value is -1.71. The number of ether oxygens (including phenoxy) is 1. The van der Waals surface area contributed by atoms with Crippen molar-refractivity contribution in [2.75, 3.05) is 6.61 Å². The lowest BCUT2D eigenvalue weighted by atomic mass is 10.1. The molecular formula is C13H14F2O2. The van der Waals surface area contributed by atoms with Crippen LogP contribution >= 0.6 is 0 Å². The van der Waals surface area contributed by atoms with Crippen molar-refractivity contribution in [2.24, 2.45) is 0 Å². The number of allylic oxidation sites excluding steroid dienone is 1. The van der Waals surface area contributed by atoms with Crippen LogP contribution in [0.25, 0.3) is 5.57 Å². The Kier molecular flexibility index (Phi) is 3.99. The van der Waals surface area contributed by atoms with Crippen molar-refractivity contribution in [3.05, 3.63) is 42.0 Å². The summed E-state index contributed by atoms with van der Waals surface area (Å²) in [6.45, 7) is 5.38. The summed E-state index contributed by atoms with van der Waals surface area (Å²) in [5.74, 6) is -3.76. The zero-order valence-corrected chi connectivity index (χ0v) is 9.80. The first-order chi connectivity index (χ1) is 7.79. The number of benzene rings is 1. The van der Waals surface area contributed by atoms with E-state index in [0.29, 0.717) is 6.92 Å². The summed E-state index contributed by atoms with van der Waals surface area (Å²) in [7, 11) is 0. The Morgan fingerprint density at radius 1 is 1.29 bits per heavy atom. The lowest BCUT2D eigenvalue weighted by molar-refractivity contribution is -0.0466. The lowest BCUT2D eigenvalue weighted by Gasteiger charge is -2.10. The Morgan fingerprint density at radius 3 is 2.18 bits per heavy atom. The lowest BCUT2D eigenvalue weighted by Crippen LogP contribution is -2.21. The first-order valence-electron chi connectivity index (χ1n) is 5.10. The molecule has 0 heterocycles. The van der Waals surface area contributed by atoms with Crippen molar-refractivity contribution in [1.82, 2.24) is 0 Å². The molecule has 1 rings (SSSR count). The van der Waals surface area contributed by atoms with Crippen LogP contribution in [0.1, 0.15) is 29.8 Å². The Morgan fingerprint density at radius 2 is 1.76 bits per heavy atom. The molecule has 0 aliphatic rings. The van der Waals surface area contributed by atoms with Gasteiger partial charge in [-0.1, -0.05) is 24.3 Å². The smallest absolute Gasteiger partial charge is 0.338 e. The summed E-state index contributed by atoms with van der Waals surface area (Å²) >= 11 is 0. The van der Waals surface area contributed by atoms with E-state index in [1.807, 2.05) is 6.92 Å². The fraction of sp³-hybridized carbons (Fsp3) is 0.308. The van der Waals surface area contributed by atoms with Gasteiger partial charge in [-0.3, -0.25) is 0 Å². The van der Waals surface area contributed by atoms with Crippen LogP contribution in [0.3, 0.4) is 0 Å². The van der Waals surface area contributed by atoms with Gasteiger partial charge in [0, 0.05) is 6.92 Å². The number of carbonyl (C=O) groups is 1. The molecule has 17 heavy (non-hydrogen) atoms. The molecule has 0 fully saturated rings. The highest BCUT2D eigenvalue weighted by Crippen LogP contribution is 2.15. The van der Waals surface area contributed by atoms with Crippen LogP contribution in [0.15, 0.2) is 30.8 Å². The van der Waals surface area contributed by atoms with Crippen LogP contribution in [-0.2, 0) is 4.74 Å². The number of alkyl halides is 2. The van der Waals surface area contributed by atoms with Gasteiger partial charge in [0.25, 0.3) is 5.92 Å². The van der Waals surface area contributed by atoms with E-state index in [1.54, 1.807) is 12.1 Å². The molecular weight excluding hydrogens is 226 g/mol. The standard InChI is InChI=1S/C13H14F2O2/c1-9(2)10-4-6-11(7-5-10)12(16)17-8-13(3,14)15/h4-7H,1,8H2,2-3H3. The van der Waals surface area contributed by atoms with Gasteiger partial charge in [-0.05, 0) is 24.6 Å². The van der Waals surface area contributed by atoms with E-state index < -0.39 is 18.5 Å². The molecule has 0 saturated heterocycles. The van der Waals surface area contributed by atoms with Gasteiger partial charge in [0.2, 0.25) is 0 Å². The summed E-state index contributed by atoms with van der Waals surface area (Å²) < 4.78 is 29.4. The zero-order chi connectivity index (χ0) is 13.1. The molecule has 1 aromatic carbocycles. The molecule has 0 N–H and O–H groups in total. The molecule has 0 amide bonds. The molecule has 0 aliphatic heterocycles. The van der Waals surface area contributed by atoms with Gasteiger partial charge in [0.05, 0.1) is 5.56 Å². The molecule has 1 aromatic rings. The SMILES string of the molecule is C=C(C)c1ccc(C(=O)OCC(C)(F)F)cc1. The van der Waals surface area contributed by atoms with Crippen LogP contribution in [0.2, 0.25) is 0 Å². The third-order valence-corrected chi connectivity index (χ3v) is 2.07. The van der Waals surface area contributed by atoms with Crippen molar-refractivity contribution in [1.29, 1.82) is 0 Å². The minimum atomic E-state index is -3.01. The fourth-order valence-corrected chi connectivity index (χ4v) is 1.17. The molecule has 92 valence electrons. The van der Waals surface area contributed by atoms with Crippen LogP contribution < -0.4 is 0 Å². The molecule has 0 radical (unpaired) electrons. The third kappa shape index (κ3) is 4.34. The number of hydrogen-bond donors (Lipinski definition) is 0. The maximum absolute atomic E-state index is 12.5. The van der Waals surface area contributed by atoms with Crippen LogP contribution in [0.5, 0.6) is 0 Å². The molecule has 0 bridgehead atoms. The zero-order valence-electron chi connectivity index (χ0n) is 9.80. The highest BCUT2D eigenvalue weighted by atomic mass is 19.3. The van der Waals surface area contributed by atoms with Gasteiger partial charge in [0.15, 0.2) is 6.61 Å². The van der Waals surface area contributed by atoms with Gasteiger partial charge in [0.1, 0.15) is 0 Å². The molecule has 2 nitrogen and oxygen atoms in total. The van der Waals surface area contributed by atoms with E-state index in [1.165, 1.54) is 12.1 Å². The Bertz CT molecular complexity index is 416. The van der Waals surface area contributed by atoms with Gasteiger partial charge in [-0.15, -0.1) is 0 Å². The first-order valence-corrected chi connectivity index (χ1v) is 5.10. The quantitative estimate of drug-likeness (QED) is 0.752. The van der Waals surface area contributed by atoms with Crippen molar-refractivity contribution in [2.45, 2.75) is 19.8 Å². The maximum atomic E-state index is 12.5. The second kappa shape index (κ2) is 5.08. The van der Waals surface area contributed by atoms with Crippen molar-refractivity contribution in [3.8, 4) is 0 Å². The van der Waals surface area contributed by atoms with E-state index in [9.17, 15) is 13.6 Å². The predicted octanol–water partition coefficient (Wildman–Crippen LogP) is 3.53. The summed E-state index contributed by atoms with van der Waals surface area (Å²) in [6, 6.07) is 6.45. The van der Waals surface area contributed by atoms with E-state index in [0.717, 1.165) is 11.1 Å². The van der Waals surface area contributed by atoms with E-state index >= 15 is 0 Å². The fourth-order valence-electron chi connectivity index (χ4n) is 1.17. The minimum Gasteiger partial charge on any atom is -0.456 e. The molecule has 0 unspecified atom stereocenters. The van der Waals surface area contributed by atoms with E-state index in [2.05, 4.69) is 11.3 Å². The van der Waals surface area contributed by atoms with Crippen LogP contribution in [0, 0.1) is 0 Å². The van der Waals surface area contributed by atoms with Crippen molar-refractivity contribution in [3.63, 3.8) is 0 Å². The Labute approximate surface area is 98.9 Å². The van der Waals surface area contributed by atoms with E-state index in [4.69, 9.17) is 0 Å². The molecule has 0 atom stereocenters. The number of carbonyl (C=O) groups excluding carboxylic acids is 1. The Balaban J connectivity index is 2.67. The summed E-state index contributed by atoms with van der Waals surface area (Å²) in [5, 5.41) is 0. The highest BCUT2D eigenvalue weighted by molar-refractivity contribution is 5.89. The largest absolute Gasteiger partial charge is 0.456 e. The van der Waals surface area contributed by atoms with Crippen LogP contribution in [-0.4, -0.2) is 18.5 Å². The average Bonchev–Trinajstić information content (AvgIpc) is 2.25. The van der Waals surface area contributed by atoms with Gasteiger partial charge in [-0.2, -0.15) is 0 Å². The highest BCUT2D eigenvalue weighted by Gasteiger charge is 2.23. The van der Waals surface area contributed by atoms with Crippen molar-refractivity contribution < 1.29 is 18.3 Å². The minimum absolute atomic E-state index is 0.249. The number of halogens is 2. The summed E-state index contributed by atoms with van der Waals surface area (Å²) in [4.78, 5) is 11.4. The number of hydrogen-bond acceptors (Lipinski definition) is 2. The number of esters is 1. The first kappa shape index (κ1) is 13.4. The number of rotatable bonds is 4. The van der Waals surface area contributed by atoms with Gasteiger partial charge >= 0.3 is 5.97 Å². The predicted molar refractivity (Wildman–Crippen MR) is 62.1 cm³/mol. The second-order valence-electron chi connectivity index (χ2n) is 4.00. The molecule has 0 aliphatic carbocycles. The van der Waals surface area contributed by atoms with Crippen molar-refractivity contribution >= 4 is 11.5 Å². The molecule has 0 aromatic heterocycles. The van der Waals surface area contributed by atoms with Gasteiger partial charge in [-0.25, -0.2) is 13.6 Å². The average molecular weight is 240 g/mol. The van der Waals surface area contributed by atoms with Gasteiger partial charge < -0.3 is 4.74 Å². The third-order valence-electron chi connectivity index (χ3n) is 2.07. The summed E-state index contributed by atoms with van der Waals surface area (Å²) in [6.07, 6.45) is 0. The normalized spacial score (nSPS) is 11.1. The topological polar surface area (TPSA) is 26.3 Å². The second-order valence-corrected chi connectivity index (χ2v) is 4.00.